The van der Waals surface area contributed by atoms with Crippen LogP contribution in [0.5, 0.6) is 5.75 Å². The minimum absolute atomic E-state index is 0. The maximum Gasteiger partial charge on any atom is 0.243 e. The van der Waals surface area contributed by atoms with E-state index < -0.39 is 0 Å². The summed E-state index contributed by atoms with van der Waals surface area (Å²) in [7, 11) is 0. The minimum Gasteiger partial charge on any atom is -0.494 e. The lowest BCUT2D eigenvalue weighted by Gasteiger charge is -2.15. The zero-order valence-corrected chi connectivity index (χ0v) is 13.9. The number of hydrogen-bond donors (Lipinski definition) is 3. The molecule has 0 fully saturated rings. The van der Waals surface area contributed by atoms with Gasteiger partial charge in [-0.05, 0) is 38.1 Å². The summed E-state index contributed by atoms with van der Waals surface area (Å²) in [4.78, 5) is 23.4. The molecule has 0 saturated carbocycles. The summed E-state index contributed by atoms with van der Waals surface area (Å²) in [5.41, 5.74) is 6.28. The summed E-state index contributed by atoms with van der Waals surface area (Å²) in [6.45, 7) is 5.90. The molecule has 4 N–H and O–H groups in total. The predicted molar refractivity (Wildman–Crippen MR) is 89.3 cm³/mol. The fourth-order valence-electron chi connectivity index (χ4n) is 1.57. The van der Waals surface area contributed by atoms with Crippen molar-refractivity contribution in [1.29, 1.82) is 0 Å². The van der Waals surface area contributed by atoms with Gasteiger partial charge in [-0.15, -0.1) is 12.4 Å². The summed E-state index contributed by atoms with van der Waals surface area (Å²) < 4.78 is 5.31. The molecular formula is C15H24ClN3O3. The highest BCUT2D eigenvalue weighted by molar-refractivity contribution is 5.94. The SMILES string of the molecule is CCOc1ccc(NC(=O)CNC(=O)C(C)C(C)N)cc1.Cl. The van der Waals surface area contributed by atoms with E-state index in [1.54, 1.807) is 38.1 Å². The quantitative estimate of drug-likeness (QED) is 0.707. The third kappa shape index (κ3) is 6.78. The van der Waals surface area contributed by atoms with Crippen molar-refractivity contribution >= 4 is 29.9 Å². The van der Waals surface area contributed by atoms with Gasteiger partial charge in [0.25, 0.3) is 0 Å². The molecule has 124 valence electrons. The van der Waals surface area contributed by atoms with Crippen molar-refractivity contribution < 1.29 is 14.3 Å². The molecule has 6 nitrogen and oxygen atoms in total. The molecule has 0 spiro atoms. The Morgan fingerprint density at radius 3 is 2.32 bits per heavy atom. The smallest absolute Gasteiger partial charge is 0.243 e. The van der Waals surface area contributed by atoms with E-state index in [9.17, 15) is 9.59 Å². The van der Waals surface area contributed by atoms with Crippen molar-refractivity contribution in [1.82, 2.24) is 5.32 Å². The van der Waals surface area contributed by atoms with Gasteiger partial charge in [0.1, 0.15) is 5.75 Å². The summed E-state index contributed by atoms with van der Waals surface area (Å²) in [6, 6.07) is 6.79. The van der Waals surface area contributed by atoms with E-state index in [1.165, 1.54) is 0 Å². The van der Waals surface area contributed by atoms with Crippen LogP contribution >= 0.6 is 12.4 Å². The van der Waals surface area contributed by atoms with Gasteiger partial charge in [-0.2, -0.15) is 0 Å². The van der Waals surface area contributed by atoms with E-state index in [2.05, 4.69) is 10.6 Å². The van der Waals surface area contributed by atoms with Crippen molar-refractivity contribution in [2.24, 2.45) is 11.7 Å². The maximum atomic E-state index is 11.7. The van der Waals surface area contributed by atoms with Crippen LogP contribution < -0.4 is 21.1 Å². The number of nitrogens with two attached hydrogens (primary N) is 1. The highest BCUT2D eigenvalue weighted by atomic mass is 35.5. The molecule has 2 amide bonds. The lowest BCUT2D eigenvalue weighted by Crippen LogP contribution is -2.41. The molecule has 0 aliphatic carbocycles. The number of rotatable bonds is 7. The molecule has 1 aromatic rings. The summed E-state index contributed by atoms with van der Waals surface area (Å²) >= 11 is 0. The number of halogens is 1. The van der Waals surface area contributed by atoms with E-state index >= 15 is 0 Å². The first-order chi connectivity index (χ1) is 9.93. The molecule has 0 saturated heterocycles. The monoisotopic (exact) mass is 329 g/mol. The van der Waals surface area contributed by atoms with Crippen molar-refractivity contribution in [2.75, 3.05) is 18.5 Å². The van der Waals surface area contributed by atoms with Gasteiger partial charge in [-0.3, -0.25) is 9.59 Å². The Labute approximate surface area is 137 Å². The van der Waals surface area contributed by atoms with Gasteiger partial charge in [0.15, 0.2) is 0 Å². The van der Waals surface area contributed by atoms with Crippen LogP contribution in [0.3, 0.4) is 0 Å². The third-order valence-corrected chi connectivity index (χ3v) is 3.07. The van der Waals surface area contributed by atoms with Gasteiger partial charge in [-0.25, -0.2) is 0 Å². The van der Waals surface area contributed by atoms with E-state index in [0.717, 1.165) is 5.75 Å². The van der Waals surface area contributed by atoms with Crippen LogP contribution in [0.4, 0.5) is 5.69 Å². The zero-order valence-electron chi connectivity index (χ0n) is 13.1. The van der Waals surface area contributed by atoms with Crippen molar-refractivity contribution in [3.63, 3.8) is 0 Å². The fourth-order valence-corrected chi connectivity index (χ4v) is 1.57. The van der Waals surface area contributed by atoms with Gasteiger partial charge in [-0.1, -0.05) is 6.92 Å². The molecule has 2 atom stereocenters. The number of carbonyl (C=O) groups is 2. The Bertz CT molecular complexity index is 477. The Kier molecular flexibility index (Phi) is 9.21. The molecule has 0 heterocycles. The van der Waals surface area contributed by atoms with Gasteiger partial charge in [0.05, 0.1) is 13.2 Å². The first-order valence-corrected chi connectivity index (χ1v) is 7.00. The highest BCUT2D eigenvalue weighted by Gasteiger charge is 2.17. The second-order valence-corrected chi connectivity index (χ2v) is 4.87. The van der Waals surface area contributed by atoms with Crippen LogP contribution in [0.1, 0.15) is 20.8 Å². The molecule has 1 aromatic carbocycles. The average molecular weight is 330 g/mol. The summed E-state index contributed by atoms with van der Waals surface area (Å²) in [5.74, 6) is -0.103. The lowest BCUT2D eigenvalue weighted by atomic mass is 10.0. The zero-order chi connectivity index (χ0) is 15.8. The lowest BCUT2D eigenvalue weighted by molar-refractivity contribution is -0.127. The number of anilines is 1. The number of benzene rings is 1. The third-order valence-electron chi connectivity index (χ3n) is 3.07. The highest BCUT2D eigenvalue weighted by Crippen LogP contribution is 2.15. The molecule has 0 aromatic heterocycles. The van der Waals surface area contributed by atoms with Crippen molar-refractivity contribution in [3.05, 3.63) is 24.3 Å². The van der Waals surface area contributed by atoms with Gasteiger partial charge < -0.3 is 21.1 Å². The molecule has 0 radical (unpaired) electrons. The Hall–Kier alpha value is -1.79. The largest absolute Gasteiger partial charge is 0.494 e. The molecule has 2 unspecified atom stereocenters. The van der Waals surface area contributed by atoms with Crippen LogP contribution in [-0.2, 0) is 9.59 Å². The first-order valence-electron chi connectivity index (χ1n) is 7.00. The molecule has 1 rings (SSSR count). The van der Waals surface area contributed by atoms with E-state index in [1.807, 2.05) is 6.92 Å². The first kappa shape index (κ1) is 20.2. The molecule has 0 aliphatic rings. The predicted octanol–water partition coefficient (Wildman–Crippen LogP) is 1.55. The van der Waals surface area contributed by atoms with Gasteiger partial charge in [0, 0.05) is 17.6 Å². The number of carbonyl (C=O) groups excluding carboxylic acids is 2. The summed E-state index contributed by atoms with van der Waals surface area (Å²) in [5, 5.41) is 5.25. The molecule has 22 heavy (non-hydrogen) atoms. The van der Waals surface area contributed by atoms with Crippen molar-refractivity contribution in [2.45, 2.75) is 26.8 Å². The minimum atomic E-state index is -0.330. The fraction of sp³-hybridized carbons (Fsp3) is 0.467. The molecule has 0 bridgehead atoms. The Balaban J connectivity index is 0.00000441. The molecular weight excluding hydrogens is 306 g/mol. The Morgan fingerprint density at radius 1 is 1.23 bits per heavy atom. The van der Waals surface area contributed by atoms with Crippen LogP contribution in [0.25, 0.3) is 0 Å². The number of hydrogen-bond acceptors (Lipinski definition) is 4. The number of ether oxygens (including phenoxy) is 1. The second kappa shape index (κ2) is 10.0. The van der Waals surface area contributed by atoms with Crippen molar-refractivity contribution in [3.8, 4) is 5.75 Å². The maximum absolute atomic E-state index is 11.7. The second-order valence-electron chi connectivity index (χ2n) is 4.87. The van der Waals surface area contributed by atoms with Crippen LogP contribution in [0.15, 0.2) is 24.3 Å². The Morgan fingerprint density at radius 2 is 1.82 bits per heavy atom. The number of amides is 2. The average Bonchev–Trinajstić information content (AvgIpc) is 2.46. The number of nitrogens with one attached hydrogen (secondary N) is 2. The van der Waals surface area contributed by atoms with E-state index in [-0.39, 0.29) is 42.7 Å². The molecule has 0 aliphatic heterocycles. The van der Waals surface area contributed by atoms with Crippen LogP contribution in [-0.4, -0.2) is 31.0 Å². The standard InChI is InChI=1S/C15H23N3O3.ClH/c1-4-21-13-7-5-12(6-8-13)18-14(19)9-17-15(20)10(2)11(3)16;/h5-8,10-11H,4,9,16H2,1-3H3,(H,17,20)(H,18,19);1H. The van der Waals surface area contributed by atoms with Crippen LogP contribution in [0.2, 0.25) is 0 Å². The van der Waals surface area contributed by atoms with Crippen LogP contribution in [0, 0.1) is 5.92 Å². The normalized spacial score (nSPS) is 12.5. The van der Waals surface area contributed by atoms with E-state index in [4.69, 9.17) is 10.5 Å². The molecule has 7 heteroatoms. The van der Waals surface area contributed by atoms with E-state index in [0.29, 0.717) is 12.3 Å². The van der Waals surface area contributed by atoms with Gasteiger partial charge in [0.2, 0.25) is 11.8 Å². The summed E-state index contributed by atoms with van der Waals surface area (Å²) in [6.07, 6.45) is 0. The topological polar surface area (TPSA) is 93.5 Å². The van der Waals surface area contributed by atoms with Gasteiger partial charge >= 0.3 is 0 Å².